The number of carbonyl (C=O) groups excluding carboxylic acids is 4. The molecule has 0 fully saturated rings. The maximum atomic E-state index is 12.6. The molecule has 158 valence electrons. The SMILES string of the molecule is CC(=O)N1CCNC(=O)[C@H](C(C)C)NC(=O)c2cc(ccn2)NCCNC(=O)C1. The van der Waals surface area contributed by atoms with Gasteiger partial charge in [0.05, 0.1) is 6.54 Å². The number of aromatic nitrogens is 1. The molecule has 2 heterocycles. The first-order valence-electron chi connectivity index (χ1n) is 9.58. The molecule has 4 amide bonds. The van der Waals surface area contributed by atoms with Gasteiger partial charge in [-0.15, -0.1) is 0 Å². The van der Waals surface area contributed by atoms with E-state index in [0.717, 1.165) is 0 Å². The minimum Gasteiger partial charge on any atom is -0.383 e. The van der Waals surface area contributed by atoms with Crippen LogP contribution in [0.4, 0.5) is 5.69 Å². The zero-order chi connectivity index (χ0) is 21.4. The molecule has 0 saturated carbocycles. The second kappa shape index (κ2) is 10.4. The maximum Gasteiger partial charge on any atom is 0.270 e. The van der Waals surface area contributed by atoms with Gasteiger partial charge in [0.1, 0.15) is 11.7 Å². The number of hydrogen-bond donors (Lipinski definition) is 4. The van der Waals surface area contributed by atoms with E-state index in [1.165, 1.54) is 18.0 Å². The molecule has 0 radical (unpaired) electrons. The molecule has 1 aromatic heterocycles. The van der Waals surface area contributed by atoms with E-state index in [2.05, 4.69) is 26.3 Å². The molecule has 2 rings (SSSR count). The maximum absolute atomic E-state index is 12.6. The molecule has 1 aliphatic rings. The molecule has 0 saturated heterocycles. The molecule has 29 heavy (non-hydrogen) atoms. The first kappa shape index (κ1) is 22.1. The number of nitrogens with one attached hydrogen (secondary N) is 4. The van der Waals surface area contributed by atoms with Gasteiger partial charge in [-0.05, 0) is 18.1 Å². The van der Waals surface area contributed by atoms with E-state index >= 15 is 0 Å². The summed E-state index contributed by atoms with van der Waals surface area (Å²) in [5.74, 6) is -1.52. The molecule has 10 nitrogen and oxygen atoms in total. The van der Waals surface area contributed by atoms with Crippen LogP contribution >= 0.6 is 0 Å². The average Bonchev–Trinajstić information content (AvgIpc) is 2.67. The largest absolute Gasteiger partial charge is 0.383 e. The Labute approximate surface area is 169 Å². The first-order chi connectivity index (χ1) is 13.8. The highest BCUT2D eigenvalue weighted by Crippen LogP contribution is 2.09. The van der Waals surface area contributed by atoms with E-state index in [1.54, 1.807) is 12.1 Å². The smallest absolute Gasteiger partial charge is 0.270 e. The van der Waals surface area contributed by atoms with Gasteiger partial charge in [0.15, 0.2) is 0 Å². The summed E-state index contributed by atoms with van der Waals surface area (Å²) in [6.45, 7) is 6.07. The normalized spacial score (nSPS) is 19.5. The van der Waals surface area contributed by atoms with E-state index in [4.69, 9.17) is 0 Å². The summed E-state index contributed by atoms with van der Waals surface area (Å²) in [6, 6.07) is 2.53. The topological polar surface area (TPSA) is 133 Å². The highest BCUT2D eigenvalue weighted by molar-refractivity contribution is 5.96. The minimum absolute atomic E-state index is 0.0883. The molecule has 10 heteroatoms. The van der Waals surface area contributed by atoms with Crippen LogP contribution in [-0.4, -0.2) is 72.3 Å². The lowest BCUT2D eigenvalue weighted by atomic mass is 10.0. The van der Waals surface area contributed by atoms with Crippen LogP contribution in [0.15, 0.2) is 18.3 Å². The summed E-state index contributed by atoms with van der Waals surface area (Å²) in [6.07, 6.45) is 1.50. The summed E-state index contributed by atoms with van der Waals surface area (Å²) in [5.41, 5.74) is 0.851. The fraction of sp³-hybridized carbons (Fsp3) is 0.526. The fourth-order valence-corrected chi connectivity index (χ4v) is 2.82. The quantitative estimate of drug-likeness (QED) is 0.491. The Hall–Kier alpha value is -3.17. The van der Waals surface area contributed by atoms with Crippen LogP contribution in [-0.2, 0) is 14.4 Å². The van der Waals surface area contributed by atoms with Gasteiger partial charge >= 0.3 is 0 Å². The van der Waals surface area contributed by atoms with Crippen molar-refractivity contribution in [3.05, 3.63) is 24.0 Å². The number of amides is 4. The lowest BCUT2D eigenvalue weighted by Crippen LogP contribution is -2.51. The molecule has 1 aromatic rings. The Morgan fingerprint density at radius 2 is 1.86 bits per heavy atom. The van der Waals surface area contributed by atoms with Crippen molar-refractivity contribution < 1.29 is 19.2 Å². The van der Waals surface area contributed by atoms with Crippen molar-refractivity contribution in [1.29, 1.82) is 0 Å². The summed E-state index contributed by atoms with van der Waals surface area (Å²) < 4.78 is 0. The zero-order valence-electron chi connectivity index (χ0n) is 16.9. The van der Waals surface area contributed by atoms with Crippen molar-refractivity contribution in [2.24, 2.45) is 5.92 Å². The van der Waals surface area contributed by atoms with Gasteiger partial charge < -0.3 is 26.2 Å². The number of nitrogens with zero attached hydrogens (tertiary/aromatic N) is 2. The minimum atomic E-state index is -0.759. The Morgan fingerprint density at radius 1 is 1.14 bits per heavy atom. The standard InChI is InChI=1S/C19H28N6O4/c1-12(2)17-19(29)23-8-9-25(13(3)26)11-16(27)22-7-6-20-14-4-5-21-15(10-14)18(28)24-17/h4-5,10,12,17,20H,6-9,11H2,1-3H3,(H,22,27)(H,23,29)(H,24,28)/t17-/m0/s1. The lowest BCUT2D eigenvalue weighted by molar-refractivity contribution is -0.134. The number of pyridine rings is 1. The third-order valence-electron chi connectivity index (χ3n) is 4.47. The van der Waals surface area contributed by atoms with Crippen LogP contribution in [0.2, 0.25) is 0 Å². The third kappa shape index (κ3) is 6.74. The van der Waals surface area contributed by atoms with Crippen LogP contribution in [0.1, 0.15) is 31.3 Å². The van der Waals surface area contributed by atoms with Crippen molar-refractivity contribution in [3.8, 4) is 0 Å². The Morgan fingerprint density at radius 3 is 2.55 bits per heavy atom. The number of rotatable bonds is 1. The molecule has 2 bridgehead atoms. The molecular formula is C19H28N6O4. The van der Waals surface area contributed by atoms with Gasteiger partial charge in [-0.2, -0.15) is 0 Å². The predicted octanol–water partition coefficient (Wildman–Crippen LogP) is -0.658. The van der Waals surface area contributed by atoms with Gasteiger partial charge in [0, 0.05) is 45.0 Å². The molecule has 0 aliphatic carbocycles. The number of fused-ring (bicyclic) bond motifs is 2. The van der Waals surface area contributed by atoms with Gasteiger partial charge in [-0.3, -0.25) is 24.2 Å². The van der Waals surface area contributed by atoms with E-state index in [-0.39, 0.29) is 49.0 Å². The van der Waals surface area contributed by atoms with Crippen molar-refractivity contribution in [2.75, 3.05) is 38.0 Å². The van der Waals surface area contributed by atoms with Crippen LogP contribution in [0.3, 0.4) is 0 Å². The molecule has 0 spiro atoms. The van der Waals surface area contributed by atoms with E-state index < -0.39 is 11.9 Å². The van der Waals surface area contributed by atoms with E-state index in [9.17, 15) is 19.2 Å². The number of hydrogen-bond acceptors (Lipinski definition) is 6. The van der Waals surface area contributed by atoms with Crippen molar-refractivity contribution in [2.45, 2.75) is 26.8 Å². The predicted molar refractivity (Wildman–Crippen MR) is 107 cm³/mol. The van der Waals surface area contributed by atoms with Crippen LogP contribution in [0.5, 0.6) is 0 Å². The van der Waals surface area contributed by atoms with Crippen LogP contribution < -0.4 is 21.3 Å². The van der Waals surface area contributed by atoms with E-state index in [1.807, 2.05) is 13.8 Å². The van der Waals surface area contributed by atoms with E-state index in [0.29, 0.717) is 18.8 Å². The molecule has 4 N–H and O–H groups in total. The van der Waals surface area contributed by atoms with Gasteiger partial charge in [-0.1, -0.05) is 13.8 Å². The summed E-state index contributed by atoms with van der Waals surface area (Å²) in [4.78, 5) is 54.5. The molecular weight excluding hydrogens is 376 g/mol. The zero-order valence-corrected chi connectivity index (χ0v) is 16.9. The number of anilines is 1. The summed E-state index contributed by atoms with van der Waals surface area (Å²) in [5, 5.41) is 11.3. The first-order valence-corrected chi connectivity index (χ1v) is 9.58. The highest BCUT2D eigenvalue weighted by Gasteiger charge is 2.25. The van der Waals surface area contributed by atoms with Gasteiger partial charge in [-0.25, -0.2) is 0 Å². The fourth-order valence-electron chi connectivity index (χ4n) is 2.82. The summed E-state index contributed by atoms with van der Waals surface area (Å²) >= 11 is 0. The molecule has 1 atom stereocenters. The third-order valence-corrected chi connectivity index (χ3v) is 4.47. The molecule has 0 aromatic carbocycles. The van der Waals surface area contributed by atoms with Gasteiger partial charge in [0.2, 0.25) is 17.7 Å². The Bertz CT molecular complexity index is 767. The number of carbonyl (C=O) groups is 4. The second-order valence-electron chi connectivity index (χ2n) is 7.13. The van der Waals surface area contributed by atoms with Crippen molar-refractivity contribution >= 4 is 29.3 Å². The summed E-state index contributed by atoms with van der Waals surface area (Å²) in [7, 11) is 0. The van der Waals surface area contributed by atoms with Crippen LogP contribution in [0, 0.1) is 5.92 Å². The molecule has 0 unspecified atom stereocenters. The Balaban J connectivity index is 2.21. The van der Waals surface area contributed by atoms with Crippen molar-refractivity contribution in [3.63, 3.8) is 0 Å². The van der Waals surface area contributed by atoms with Crippen LogP contribution in [0.25, 0.3) is 0 Å². The average molecular weight is 404 g/mol. The monoisotopic (exact) mass is 404 g/mol. The highest BCUT2D eigenvalue weighted by atomic mass is 16.2. The lowest BCUT2D eigenvalue weighted by Gasteiger charge is -2.24. The second-order valence-corrected chi connectivity index (χ2v) is 7.13. The molecule has 1 aliphatic heterocycles. The van der Waals surface area contributed by atoms with Crippen molar-refractivity contribution in [1.82, 2.24) is 25.8 Å². The van der Waals surface area contributed by atoms with Gasteiger partial charge in [0.25, 0.3) is 5.91 Å². The Kier molecular flexibility index (Phi) is 7.93.